The van der Waals surface area contributed by atoms with E-state index in [-0.39, 0.29) is 17.9 Å². The van der Waals surface area contributed by atoms with Crippen LogP contribution in [0.5, 0.6) is 0 Å². The van der Waals surface area contributed by atoms with Crippen molar-refractivity contribution in [1.29, 1.82) is 0 Å². The lowest BCUT2D eigenvalue weighted by atomic mass is 9.95. The zero-order valence-electron chi connectivity index (χ0n) is 12.3. The molecule has 2 saturated heterocycles. The summed E-state index contributed by atoms with van der Waals surface area (Å²) in [5.41, 5.74) is 1.83. The fourth-order valence-electron chi connectivity index (χ4n) is 3.34. The fraction of sp³-hybridized carbons (Fsp3) is 0.500. The van der Waals surface area contributed by atoms with Crippen molar-refractivity contribution in [3.8, 4) is 0 Å². The number of anilines is 1. The molecular formula is C16H19BrN2O2. The van der Waals surface area contributed by atoms with Gasteiger partial charge >= 0.3 is 0 Å². The van der Waals surface area contributed by atoms with Crippen molar-refractivity contribution in [3.05, 3.63) is 28.2 Å². The molecule has 2 fully saturated rings. The normalized spacial score (nSPS) is 26.0. The van der Waals surface area contributed by atoms with E-state index >= 15 is 0 Å². The molecule has 0 aliphatic carbocycles. The fourth-order valence-corrected chi connectivity index (χ4v) is 3.69. The molecule has 1 aromatic carbocycles. The van der Waals surface area contributed by atoms with Gasteiger partial charge in [0.1, 0.15) is 12.1 Å². The van der Waals surface area contributed by atoms with Crippen LogP contribution in [0.25, 0.3) is 0 Å². The van der Waals surface area contributed by atoms with E-state index in [4.69, 9.17) is 0 Å². The molecule has 21 heavy (non-hydrogen) atoms. The predicted molar refractivity (Wildman–Crippen MR) is 85.2 cm³/mol. The number of carbonyl (C=O) groups excluding carboxylic acids is 2. The molecule has 5 heteroatoms. The first kappa shape index (κ1) is 14.6. The molecule has 0 radical (unpaired) electrons. The van der Waals surface area contributed by atoms with Crippen LogP contribution in [0.2, 0.25) is 0 Å². The van der Waals surface area contributed by atoms with Crippen LogP contribution in [0.15, 0.2) is 22.7 Å². The van der Waals surface area contributed by atoms with Gasteiger partial charge in [0.05, 0.1) is 0 Å². The van der Waals surface area contributed by atoms with Gasteiger partial charge in [0.15, 0.2) is 0 Å². The molecule has 1 aromatic rings. The Kier molecular flexibility index (Phi) is 3.78. The quantitative estimate of drug-likeness (QED) is 0.781. The van der Waals surface area contributed by atoms with Gasteiger partial charge in [-0.3, -0.25) is 14.5 Å². The molecule has 112 valence electrons. The summed E-state index contributed by atoms with van der Waals surface area (Å²) in [5.74, 6) is 0.127. The Morgan fingerprint density at radius 3 is 2.71 bits per heavy atom. The number of halogens is 1. The Morgan fingerprint density at radius 2 is 1.95 bits per heavy atom. The van der Waals surface area contributed by atoms with Crippen molar-refractivity contribution in [1.82, 2.24) is 4.90 Å². The Labute approximate surface area is 133 Å². The van der Waals surface area contributed by atoms with Gasteiger partial charge in [0, 0.05) is 16.7 Å². The summed E-state index contributed by atoms with van der Waals surface area (Å²) >= 11 is 3.50. The molecule has 0 aromatic heterocycles. The maximum absolute atomic E-state index is 12.9. The smallest absolute Gasteiger partial charge is 0.250 e. The van der Waals surface area contributed by atoms with E-state index in [2.05, 4.69) is 15.9 Å². The largest absolute Gasteiger partial charge is 0.329 e. The average Bonchev–Trinajstić information content (AvgIpc) is 2.49. The van der Waals surface area contributed by atoms with E-state index in [9.17, 15) is 9.59 Å². The number of amides is 2. The monoisotopic (exact) mass is 350 g/mol. The molecule has 2 aliphatic heterocycles. The second-order valence-corrected chi connectivity index (χ2v) is 6.67. The van der Waals surface area contributed by atoms with E-state index in [1.54, 1.807) is 9.80 Å². The number of nitrogens with zero attached hydrogens (tertiary/aromatic N) is 2. The molecule has 0 saturated carbocycles. The van der Waals surface area contributed by atoms with Gasteiger partial charge in [-0.1, -0.05) is 22.0 Å². The molecule has 2 aliphatic rings. The van der Waals surface area contributed by atoms with Gasteiger partial charge in [-0.25, -0.2) is 0 Å². The van der Waals surface area contributed by atoms with E-state index < -0.39 is 6.04 Å². The van der Waals surface area contributed by atoms with Crippen LogP contribution in [-0.4, -0.2) is 35.3 Å². The minimum Gasteiger partial charge on any atom is -0.329 e. The summed E-state index contributed by atoms with van der Waals surface area (Å²) in [5, 5.41) is 0. The van der Waals surface area contributed by atoms with Gasteiger partial charge < -0.3 is 4.90 Å². The van der Waals surface area contributed by atoms with Crippen molar-refractivity contribution in [3.63, 3.8) is 0 Å². The van der Waals surface area contributed by atoms with Crippen LogP contribution in [-0.2, 0) is 9.59 Å². The number of benzene rings is 1. The zero-order chi connectivity index (χ0) is 15.1. The molecule has 2 heterocycles. The molecular weight excluding hydrogens is 332 g/mol. The Morgan fingerprint density at radius 1 is 1.19 bits per heavy atom. The topological polar surface area (TPSA) is 40.6 Å². The predicted octanol–water partition coefficient (Wildman–Crippen LogP) is 2.87. The second-order valence-electron chi connectivity index (χ2n) is 5.81. The van der Waals surface area contributed by atoms with Gasteiger partial charge in [-0.05, 0) is 50.8 Å². The molecule has 0 N–H and O–H groups in total. The maximum atomic E-state index is 12.9. The summed E-state index contributed by atoms with van der Waals surface area (Å²) in [6.07, 6.45) is 2.79. The standard InChI is InChI=1S/C16H19BrN2O2/c1-10-12(17)6-5-8-13(10)19-11(2)15(20)18-9-4-3-7-14(18)16(19)21/h5-6,8,11,14H,3-4,7,9H2,1-2H3. The highest BCUT2D eigenvalue weighted by molar-refractivity contribution is 9.10. The van der Waals surface area contributed by atoms with E-state index in [1.165, 1.54) is 0 Å². The lowest BCUT2D eigenvalue weighted by molar-refractivity contribution is -0.147. The third-order valence-electron chi connectivity index (χ3n) is 4.55. The Hall–Kier alpha value is -1.36. The van der Waals surface area contributed by atoms with Crippen LogP contribution in [0.1, 0.15) is 31.7 Å². The van der Waals surface area contributed by atoms with Gasteiger partial charge in [0.25, 0.3) is 5.91 Å². The number of fused-ring (bicyclic) bond motifs is 1. The summed E-state index contributed by atoms with van der Waals surface area (Å²) in [6.45, 7) is 4.51. The molecule has 3 rings (SSSR count). The number of piperidine rings is 1. The number of hydrogen-bond acceptors (Lipinski definition) is 2. The first-order chi connectivity index (χ1) is 10.0. The second kappa shape index (κ2) is 5.44. The summed E-state index contributed by atoms with van der Waals surface area (Å²) in [6, 6.07) is 5.07. The van der Waals surface area contributed by atoms with E-state index in [0.29, 0.717) is 6.54 Å². The SMILES string of the molecule is Cc1c(Br)cccc1N1C(=O)C2CCCCN2C(=O)C1C. The van der Waals surface area contributed by atoms with E-state index in [0.717, 1.165) is 35.0 Å². The number of piperazine rings is 1. The summed E-state index contributed by atoms with van der Waals surface area (Å²) in [4.78, 5) is 29.0. The highest BCUT2D eigenvalue weighted by atomic mass is 79.9. The highest BCUT2D eigenvalue weighted by Crippen LogP contribution is 2.34. The lowest BCUT2D eigenvalue weighted by Crippen LogP contribution is -2.65. The number of rotatable bonds is 1. The van der Waals surface area contributed by atoms with Crippen molar-refractivity contribution in [2.45, 2.75) is 45.2 Å². The van der Waals surface area contributed by atoms with Crippen LogP contribution >= 0.6 is 15.9 Å². The highest BCUT2D eigenvalue weighted by Gasteiger charge is 2.45. The van der Waals surface area contributed by atoms with Crippen LogP contribution in [0.4, 0.5) is 5.69 Å². The molecule has 2 unspecified atom stereocenters. The van der Waals surface area contributed by atoms with Crippen LogP contribution < -0.4 is 4.90 Å². The molecule has 0 bridgehead atoms. The van der Waals surface area contributed by atoms with Gasteiger partial charge in [-0.15, -0.1) is 0 Å². The van der Waals surface area contributed by atoms with Crippen molar-refractivity contribution in [2.24, 2.45) is 0 Å². The third kappa shape index (κ3) is 2.27. The first-order valence-electron chi connectivity index (χ1n) is 7.41. The third-order valence-corrected chi connectivity index (χ3v) is 5.41. The lowest BCUT2D eigenvalue weighted by Gasteiger charge is -2.46. The average molecular weight is 351 g/mol. The maximum Gasteiger partial charge on any atom is 0.250 e. The molecule has 4 nitrogen and oxygen atoms in total. The first-order valence-corrected chi connectivity index (χ1v) is 8.20. The molecule has 2 amide bonds. The Bertz CT molecular complexity index is 602. The van der Waals surface area contributed by atoms with E-state index in [1.807, 2.05) is 32.0 Å². The van der Waals surface area contributed by atoms with Crippen molar-refractivity contribution < 1.29 is 9.59 Å². The van der Waals surface area contributed by atoms with Crippen molar-refractivity contribution in [2.75, 3.05) is 11.4 Å². The van der Waals surface area contributed by atoms with Crippen molar-refractivity contribution >= 4 is 33.4 Å². The Balaban J connectivity index is 2.03. The van der Waals surface area contributed by atoms with Gasteiger partial charge in [0.2, 0.25) is 5.91 Å². The van der Waals surface area contributed by atoms with Gasteiger partial charge in [-0.2, -0.15) is 0 Å². The number of hydrogen-bond donors (Lipinski definition) is 0. The minimum absolute atomic E-state index is 0.0583. The zero-order valence-corrected chi connectivity index (χ0v) is 13.9. The molecule has 2 atom stereocenters. The molecule has 0 spiro atoms. The van der Waals surface area contributed by atoms with Crippen LogP contribution in [0, 0.1) is 6.92 Å². The minimum atomic E-state index is -0.431. The summed E-state index contributed by atoms with van der Waals surface area (Å²) in [7, 11) is 0. The summed E-state index contributed by atoms with van der Waals surface area (Å²) < 4.78 is 0.957. The van der Waals surface area contributed by atoms with Crippen LogP contribution in [0.3, 0.4) is 0 Å². The number of carbonyl (C=O) groups is 2.